The molecule has 2 N–H and O–H groups in total. The lowest BCUT2D eigenvalue weighted by Crippen LogP contribution is -2.30. The van der Waals surface area contributed by atoms with E-state index in [1.807, 2.05) is 30.3 Å². The molecule has 22 heavy (non-hydrogen) atoms. The topological polar surface area (TPSA) is 63.5 Å². The van der Waals surface area contributed by atoms with Crippen molar-refractivity contribution in [2.45, 2.75) is 25.7 Å². The minimum atomic E-state index is 0.414. The molecule has 6 heteroatoms. The fourth-order valence-corrected chi connectivity index (χ4v) is 2.91. The van der Waals surface area contributed by atoms with Gasteiger partial charge >= 0.3 is 0 Å². The number of hydrogen-bond acceptors (Lipinski definition) is 5. The Morgan fingerprint density at radius 2 is 2.09 bits per heavy atom. The number of hydrogen-bond donors (Lipinski definition) is 2. The normalized spacial score (nSPS) is 19.2. The van der Waals surface area contributed by atoms with Crippen LogP contribution in [0.25, 0.3) is 0 Å². The fourth-order valence-electron chi connectivity index (χ4n) is 2.65. The van der Waals surface area contributed by atoms with E-state index in [1.54, 1.807) is 0 Å². The lowest BCUT2D eigenvalue weighted by atomic mass is 10.2. The molecule has 1 aromatic carbocycles. The van der Waals surface area contributed by atoms with Gasteiger partial charge in [0.2, 0.25) is 0 Å². The third-order valence-electron chi connectivity index (χ3n) is 3.76. The summed E-state index contributed by atoms with van der Waals surface area (Å²) in [5, 5.41) is 17.0. The summed E-state index contributed by atoms with van der Waals surface area (Å²) < 4.78 is 0. The number of fused-ring (bicyclic) bond motifs is 1. The molecule has 0 atom stereocenters. The number of rotatable bonds is 2. The summed E-state index contributed by atoms with van der Waals surface area (Å²) in [6.07, 6.45) is 4.37. The number of hydrazone groups is 1. The van der Waals surface area contributed by atoms with E-state index in [0.29, 0.717) is 16.4 Å². The van der Waals surface area contributed by atoms with Crippen molar-refractivity contribution in [3.8, 4) is 6.07 Å². The zero-order valence-corrected chi connectivity index (χ0v) is 13.0. The van der Waals surface area contributed by atoms with Gasteiger partial charge in [-0.25, -0.2) is 0 Å². The van der Waals surface area contributed by atoms with Gasteiger partial charge in [0.1, 0.15) is 28.3 Å². The van der Waals surface area contributed by atoms with Crippen LogP contribution in [0.15, 0.2) is 46.8 Å². The van der Waals surface area contributed by atoms with Gasteiger partial charge in [0, 0.05) is 18.7 Å². The van der Waals surface area contributed by atoms with E-state index in [9.17, 15) is 5.26 Å². The quantitative estimate of drug-likeness (QED) is 0.499. The van der Waals surface area contributed by atoms with Crippen LogP contribution in [0.4, 0.5) is 5.69 Å². The van der Waals surface area contributed by atoms with E-state index in [1.165, 1.54) is 6.42 Å². The van der Waals surface area contributed by atoms with Gasteiger partial charge in [-0.05, 0) is 25.0 Å². The summed E-state index contributed by atoms with van der Waals surface area (Å²) in [6.45, 7) is 0.875. The minimum Gasteiger partial charge on any atom is -0.345 e. The summed E-state index contributed by atoms with van der Waals surface area (Å²) in [4.78, 5) is 2.50. The molecule has 1 aromatic rings. The van der Waals surface area contributed by atoms with Crippen molar-refractivity contribution in [1.29, 1.82) is 5.26 Å². The van der Waals surface area contributed by atoms with Crippen LogP contribution in [0, 0.1) is 11.3 Å². The first-order chi connectivity index (χ1) is 10.8. The van der Waals surface area contributed by atoms with Crippen LogP contribution >= 0.6 is 12.2 Å². The average molecular weight is 311 g/mol. The van der Waals surface area contributed by atoms with Crippen LogP contribution < -0.4 is 10.7 Å². The molecule has 2 aliphatic heterocycles. The van der Waals surface area contributed by atoms with Crippen molar-refractivity contribution in [3.05, 3.63) is 41.7 Å². The van der Waals surface area contributed by atoms with E-state index in [-0.39, 0.29) is 0 Å². The van der Waals surface area contributed by atoms with Gasteiger partial charge in [0.25, 0.3) is 0 Å². The highest BCUT2D eigenvalue weighted by molar-refractivity contribution is 7.81. The summed E-state index contributed by atoms with van der Waals surface area (Å²) in [7, 11) is 0. The second kappa shape index (κ2) is 6.58. The molecule has 0 aliphatic carbocycles. The second-order valence-corrected chi connectivity index (χ2v) is 5.67. The monoisotopic (exact) mass is 311 g/mol. The molecule has 1 saturated heterocycles. The maximum atomic E-state index is 9.54. The fraction of sp³-hybridized carbons (Fsp3) is 0.312. The Labute approximate surface area is 135 Å². The molecule has 0 bridgehead atoms. The molecular formula is C16H17N5S. The Balaban J connectivity index is 1.84. The van der Waals surface area contributed by atoms with E-state index in [4.69, 9.17) is 12.2 Å². The van der Waals surface area contributed by atoms with Crippen molar-refractivity contribution in [3.63, 3.8) is 0 Å². The summed E-state index contributed by atoms with van der Waals surface area (Å²) in [5.41, 5.74) is 4.29. The number of thiocarbonyl (C=S) groups is 1. The summed E-state index contributed by atoms with van der Waals surface area (Å²) >= 11 is 5.41. The first-order valence-electron chi connectivity index (χ1n) is 7.40. The molecule has 0 aromatic heterocycles. The van der Waals surface area contributed by atoms with Crippen molar-refractivity contribution in [2.24, 2.45) is 5.10 Å². The molecule has 112 valence electrons. The van der Waals surface area contributed by atoms with Crippen LogP contribution in [-0.4, -0.2) is 22.3 Å². The summed E-state index contributed by atoms with van der Waals surface area (Å²) in [6, 6.07) is 11.8. The standard InChI is InChI=1S/C16H17N5S/c17-11-13(16(22)18-12-7-3-1-4-8-12)15-20-19-14-9-5-2-6-10-21(14)15/h1,3-4,7-8,20H,2,5-6,9-10H2,(H,18,22). The third-order valence-corrected chi connectivity index (χ3v) is 4.07. The predicted octanol–water partition coefficient (Wildman–Crippen LogP) is 2.95. The molecular weight excluding hydrogens is 294 g/mol. The number of nitriles is 1. The number of nitrogens with zero attached hydrogens (tertiary/aromatic N) is 3. The molecule has 5 nitrogen and oxygen atoms in total. The van der Waals surface area contributed by atoms with Gasteiger partial charge in [-0.2, -0.15) is 10.4 Å². The number of para-hydroxylation sites is 1. The number of anilines is 1. The Morgan fingerprint density at radius 1 is 1.27 bits per heavy atom. The zero-order valence-electron chi connectivity index (χ0n) is 12.2. The van der Waals surface area contributed by atoms with Gasteiger partial charge in [0.05, 0.1) is 0 Å². The molecule has 0 spiro atoms. The Bertz CT molecular complexity index is 672. The highest BCUT2D eigenvalue weighted by Gasteiger charge is 2.28. The predicted molar refractivity (Wildman–Crippen MR) is 91.0 cm³/mol. The van der Waals surface area contributed by atoms with E-state index in [2.05, 4.69) is 26.8 Å². The first-order valence-corrected chi connectivity index (χ1v) is 7.81. The molecule has 3 rings (SSSR count). The number of amidine groups is 1. The van der Waals surface area contributed by atoms with Crippen LogP contribution in [0.1, 0.15) is 25.7 Å². The molecule has 0 amide bonds. The Hall–Kier alpha value is -2.39. The number of nitrogens with one attached hydrogen (secondary N) is 2. The zero-order chi connectivity index (χ0) is 15.4. The molecule has 2 aliphatic rings. The van der Waals surface area contributed by atoms with Crippen molar-refractivity contribution in [2.75, 3.05) is 11.9 Å². The van der Waals surface area contributed by atoms with Gasteiger partial charge in [-0.15, -0.1) is 0 Å². The van der Waals surface area contributed by atoms with E-state index >= 15 is 0 Å². The SMILES string of the molecule is N#CC(C(=S)Nc1ccccc1)=C1NN=C2CCCCCN21. The highest BCUT2D eigenvalue weighted by atomic mass is 32.1. The maximum Gasteiger partial charge on any atom is 0.149 e. The summed E-state index contributed by atoms with van der Waals surface area (Å²) in [5.74, 6) is 1.70. The molecule has 0 unspecified atom stereocenters. The van der Waals surface area contributed by atoms with Gasteiger partial charge < -0.3 is 10.2 Å². The molecule has 0 saturated carbocycles. The van der Waals surface area contributed by atoms with Crippen LogP contribution in [-0.2, 0) is 0 Å². The Morgan fingerprint density at radius 3 is 2.86 bits per heavy atom. The van der Waals surface area contributed by atoms with Gasteiger partial charge in [-0.1, -0.05) is 36.8 Å². The van der Waals surface area contributed by atoms with Crippen LogP contribution in [0.5, 0.6) is 0 Å². The second-order valence-electron chi connectivity index (χ2n) is 5.26. The van der Waals surface area contributed by atoms with Crippen molar-refractivity contribution in [1.82, 2.24) is 10.3 Å². The molecule has 2 heterocycles. The maximum absolute atomic E-state index is 9.54. The first kappa shape index (κ1) is 14.5. The van der Waals surface area contributed by atoms with E-state index in [0.717, 1.165) is 37.3 Å². The lowest BCUT2D eigenvalue weighted by molar-refractivity contribution is 0.495. The molecule has 1 fully saturated rings. The smallest absolute Gasteiger partial charge is 0.149 e. The van der Waals surface area contributed by atoms with Gasteiger partial charge in [-0.3, -0.25) is 5.43 Å². The highest BCUT2D eigenvalue weighted by Crippen LogP contribution is 2.23. The van der Waals surface area contributed by atoms with Crippen LogP contribution in [0.2, 0.25) is 0 Å². The average Bonchev–Trinajstić information content (AvgIpc) is 2.78. The van der Waals surface area contributed by atoms with E-state index < -0.39 is 0 Å². The third kappa shape index (κ3) is 2.95. The lowest BCUT2D eigenvalue weighted by Gasteiger charge is -2.20. The van der Waals surface area contributed by atoms with Crippen LogP contribution in [0.3, 0.4) is 0 Å². The van der Waals surface area contributed by atoms with Gasteiger partial charge in [0.15, 0.2) is 0 Å². The van der Waals surface area contributed by atoms with Crippen molar-refractivity contribution < 1.29 is 0 Å². The molecule has 0 radical (unpaired) electrons. The number of benzene rings is 1. The van der Waals surface area contributed by atoms with Crippen molar-refractivity contribution >= 4 is 28.7 Å². The largest absolute Gasteiger partial charge is 0.345 e. The Kier molecular flexibility index (Phi) is 4.35. The minimum absolute atomic E-state index is 0.414.